The van der Waals surface area contributed by atoms with Crippen LogP contribution in [0.2, 0.25) is 0 Å². The zero-order valence-electron chi connectivity index (χ0n) is 6.54. The lowest BCUT2D eigenvalue weighted by Crippen LogP contribution is -2.22. The maximum atomic E-state index is 10.4. The van der Waals surface area contributed by atoms with E-state index < -0.39 is 5.97 Å². The van der Waals surface area contributed by atoms with Crippen molar-refractivity contribution in [3.05, 3.63) is 0 Å². The average molecular weight is 180 g/mol. The van der Waals surface area contributed by atoms with Crippen LogP contribution < -0.4 is 5.32 Å². The van der Waals surface area contributed by atoms with Gasteiger partial charge in [-0.3, -0.25) is 4.79 Å². The van der Waals surface area contributed by atoms with Gasteiger partial charge in [0, 0.05) is 6.04 Å². The highest BCUT2D eigenvalue weighted by atomic mass is 35.5. The van der Waals surface area contributed by atoms with Gasteiger partial charge in [0.25, 0.3) is 0 Å². The normalized spacial score (nSPS) is 29.5. The summed E-state index contributed by atoms with van der Waals surface area (Å²) in [7, 11) is 1.88. The average Bonchev–Trinajstić information content (AvgIpc) is 2.34. The largest absolute Gasteiger partial charge is 0.481 e. The molecule has 1 rings (SSSR count). The third-order valence-electron chi connectivity index (χ3n) is 2.19. The van der Waals surface area contributed by atoms with Crippen LogP contribution in [0.15, 0.2) is 0 Å². The minimum Gasteiger partial charge on any atom is -0.481 e. The lowest BCUT2D eigenvalue weighted by atomic mass is 10.1. The summed E-state index contributed by atoms with van der Waals surface area (Å²) in [6.07, 6.45) is 2.64. The van der Waals surface area contributed by atoms with E-state index in [1.165, 1.54) is 0 Å². The zero-order valence-corrected chi connectivity index (χ0v) is 7.36. The smallest absolute Gasteiger partial charge is 0.306 e. The molecule has 1 fully saturated rings. The number of halogens is 1. The molecular formula is C7H14ClNO2. The van der Waals surface area contributed by atoms with Gasteiger partial charge in [0.05, 0.1) is 5.92 Å². The molecule has 1 aliphatic carbocycles. The molecular weight excluding hydrogens is 166 g/mol. The van der Waals surface area contributed by atoms with Crippen molar-refractivity contribution in [2.75, 3.05) is 7.05 Å². The van der Waals surface area contributed by atoms with Crippen molar-refractivity contribution < 1.29 is 9.90 Å². The van der Waals surface area contributed by atoms with Gasteiger partial charge in [0.15, 0.2) is 0 Å². The number of rotatable bonds is 2. The second-order valence-corrected chi connectivity index (χ2v) is 2.83. The number of carboxylic acid groups (broad SMARTS) is 1. The fourth-order valence-corrected chi connectivity index (χ4v) is 1.47. The van der Waals surface area contributed by atoms with Crippen molar-refractivity contribution in [1.29, 1.82) is 0 Å². The fourth-order valence-electron chi connectivity index (χ4n) is 1.47. The summed E-state index contributed by atoms with van der Waals surface area (Å²) in [4.78, 5) is 10.4. The lowest BCUT2D eigenvalue weighted by molar-refractivity contribution is -0.141. The molecule has 0 spiro atoms. The second kappa shape index (κ2) is 4.57. The Morgan fingerprint density at radius 2 is 2.18 bits per heavy atom. The minimum atomic E-state index is -0.641. The van der Waals surface area contributed by atoms with Crippen LogP contribution in [0.3, 0.4) is 0 Å². The highest BCUT2D eigenvalue weighted by Gasteiger charge is 2.28. The number of aliphatic carboxylic acids is 1. The van der Waals surface area contributed by atoms with E-state index in [1.54, 1.807) is 0 Å². The molecule has 0 aromatic carbocycles. The molecule has 2 N–H and O–H groups in total. The van der Waals surface area contributed by atoms with Crippen LogP contribution in [0.1, 0.15) is 19.3 Å². The summed E-state index contributed by atoms with van der Waals surface area (Å²) >= 11 is 0. The molecule has 3 nitrogen and oxygen atoms in total. The highest BCUT2D eigenvalue weighted by Crippen LogP contribution is 2.24. The van der Waals surface area contributed by atoms with Crippen LogP contribution in [-0.2, 0) is 4.79 Å². The minimum absolute atomic E-state index is 0. The first kappa shape index (κ1) is 10.7. The van der Waals surface area contributed by atoms with Crippen molar-refractivity contribution in [3.63, 3.8) is 0 Å². The monoisotopic (exact) mass is 179 g/mol. The Balaban J connectivity index is 0.000001000. The van der Waals surface area contributed by atoms with E-state index in [4.69, 9.17) is 5.11 Å². The van der Waals surface area contributed by atoms with Crippen molar-refractivity contribution in [1.82, 2.24) is 5.32 Å². The van der Waals surface area contributed by atoms with Crippen LogP contribution >= 0.6 is 12.4 Å². The van der Waals surface area contributed by atoms with E-state index in [0.717, 1.165) is 19.3 Å². The van der Waals surface area contributed by atoms with Gasteiger partial charge in [-0.15, -0.1) is 12.4 Å². The topological polar surface area (TPSA) is 49.3 Å². The predicted octanol–water partition coefficient (Wildman–Crippen LogP) is 0.881. The summed E-state index contributed by atoms with van der Waals surface area (Å²) in [6, 6.07) is 0.432. The van der Waals surface area contributed by atoms with Crippen LogP contribution in [0.5, 0.6) is 0 Å². The highest BCUT2D eigenvalue weighted by molar-refractivity contribution is 5.85. The van der Waals surface area contributed by atoms with Crippen molar-refractivity contribution >= 4 is 18.4 Å². The Labute approximate surface area is 72.6 Å². The lowest BCUT2D eigenvalue weighted by Gasteiger charge is -2.05. The first-order chi connectivity index (χ1) is 4.74. The Bertz CT molecular complexity index is 140. The van der Waals surface area contributed by atoms with Gasteiger partial charge in [-0.2, -0.15) is 0 Å². The van der Waals surface area contributed by atoms with E-state index in [-0.39, 0.29) is 18.3 Å². The molecule has 4 heteroatoms. The van der Waals surface area contributed by atoms with Crippen molar-refractivity contribution in [2.24, 2.45) is 5.92 Å². The molecule has 0 aliphatic heterocycles. The Morgan fingerprint density at radius 3 is 2.45 bits per heavy atom. The molecule has 66 valence electrons. The molecule has 0 heterocycles. The molecule has 1 saturated carbocycles. The van der Waals surface area contributed by atoms with Gasteiger partial charge in [-0.05, 0) is 26.3 Å². The number of hydrogen-bond acceptors (Lipinski definition) is 2. The van der Waals surface area contributed by atoms with Crippen LogP contribution in [0.25, 0.3) is 0 Å². The molecule has 2 atom stereocenters. The number of hydrogen-bond donors (Lipinski definition) is 2. The van der Waals surface area contributed by atoms with E-state index >= 15 is 0 Å². The van der Waals surface area contributed by atoms with E-state index in [1.807, 2.05) is 7.05 Å². The third-order valence-corrected chi connectivity index (χ3v) is 2.19. The third kappa shape index (κ3) is 2.67. The molecule has 0 amide bonds. The Kier molecular flexibility index (Phi) is 4.45. The van der Waals surface area contributed by atoms with E-state index in [0.29, 0.717) is 6.04 Å². The summed E-state index contributed by atoms with van der Waals surface area (Å²) in [6.45, 7) is 0. The summed E-state index contributed by atoms with van der Waals surface area (Å²) in [5.74, 6) is -0.741. The number of carbonyl (C=O) groups is 1. The quantitative estimate of drug-likeness (QED) is 0.662. The summed E-state index contributed by atoms with van der Waals surface area (Å²) in [5.41, 5.74) is 0. The van der Waals surface area contributed by atoms with Crippen LogP contribution in [0, 0.1) is 5.92 Å². The van der Waals surface area contributed by atoms with Crippen LogP contribution in [-0.4, -0.2) is 24.2 Å². The first-order valence-electron chi connectivity index (χ1n) is 3.64. The van der Waals surface area contributed by atoms with Crippen LogP contribution in [0.4, 0.5) is 0 Å². The summed E-state index contributed by atoms with van der Waals surface area (Å²) in [5, 5.41) is 11.7. The summed E-state index contributed by atoms with van der Waals surface area (Å²) < 4.78 is 0. The van der Waals surface area contributed by atoms with Gasteiger partial charge in [-0.1, -0.05) is 0 Å². The second-order valence-electron chi connectivity index (χ2n) is 2.83. The standard InChI is InChI=1S/C7H13NO2.ClH/c1-8-6-3-2-5(4-6)7(9)10;/h5-6,8H,2-4H2,1H3,(H,9,10);1H/t5-,6+;/m1./s1. The molecule has 1 aliphatic rings. The van der Waals surface area contributed by atoms with Gasteiger partial charge in [-0.25, -0.2) is 0 Å². The molecule has 0 saturated heterocycles. The maximum Gasteiger partial charge on any atom is 0.306 e. The van der Waals surface area contributed by atoms with Crippen molar-refractivity contribution in [3.8, 4) is 0 Å². The van der Waals surface area contributed by atoms with Crippen molar-refractivity contribution in [2.45, 2.75) is 25.3 Å². The van der Waals surface area contributed by atoms with Gasteiger partial charge in [0.2, 0.25) is 0 Å². The molecule has 0 unspecified atom stereocenters. The molecule has 0 aromatic rings. The molecule has 0 aromatic heterocycles. The fraction of sp³-hybridized carbons (Fsp3) is 0.857. The molecule has 0 radical (unpaired) electrons. The maximum absolute atomic E-state index is 10.4. The zero-order chi connectivity index (χ0) is 7.56. The Morgan fingerprint density at radius 1 is 1.55 bits per heavy atom. The van der Waals surface area contributed by atoms with E-state index in [2.05, 4.69) is 5.32 Å². The Hall–Kier alpha value is -0.280. The van der Waals surface area contributed by atoms with E-state index in [9.17, 15) is 4.79 Å². The van der Waals surface area contributed by atoms with Gasteiger partial charge >= 0.3 is 5.97 Å². The number of nitrogens with one attached hydrogen (secondary N) is 1. The predicted molar refractivity (Wildman–Crippen MR) is 45.1 cm³/mol. The number of carboxylic acids is 1. The molecule has 0 bridgehead atoms. The van der Waals surface area contributed by atoms with Gasteiger partial charge < -0.3 is 10.4 Å². The molecule has 11 heavy (non-hydrogen) atoms. The van der Waals surface area contributed by atoms with Gasteiger partial charge in [0.1, 0.15) is 0 Å². The first-order valence-corrected chi connectivity index (χ1v) is 3.64. The SMILES string of the molecule is CN[C@H]1CC[C@@H](C(=O)O)C1.Cl.